The highest BCUT2D eigenvalue weighted by molar-refractivity contribution is 7.84. The lowest BCUT2D eigenvalue weighted by molar-refractivity contribution is -0.134. The Kier molecular flexibility index (Phi) is 4.09. The van der Waals surface area contributed by atoms with E-state index in [0.717, 1.165) is 0 Å². The predicted octanol–water partition coefficient (Wildman–Crippen LogP) is 0.809. The Morgan fingerprint density at radius 3 is 2.62 bits per heavy atom. The Morgan fingerprint density at radius 1 is 1.69 bits per heavy atom. The van der Waals surface area contributed by atoms with Crippen molar-refractivity contribution in [3.63, 3.8) is 0 Å². The van der Waals surface area contributed by atoms with Gasteiger partial charge in [0.15, 0.2) is 0 Å². The molecule has 0 radical (unpaired) electrons. The summed E-state index contributed by atoms with van der Waals surface area (Å²) in [5, 5.41) is 11.8. The van der Waals surface area contributed by atoms with Gasteiger partial charge >= 0.3 is 0 Å². The zero-order valence-corrected chi connectivity index (χ0v) is 10.8. The summed E-state index contributed by atoms with van der Waals surface area (Å²) in [7, 11) is -0.929. The van der Waals surface area contributed by atoms with Gasteiger partial charge in [-0.3, -0.25) is 9.00 Å². The van der Waals surface area contributed by atoms with E-state index in [1.54, 1.807) is 6.26 Å². The van der Waals surface area contributed by atoms with E-state index in [0.29, 0.717) is 24.5 Å². The van der Waals surface area contributed by atoms with Crippen LogP contribution in [0.2, 0.25) is 0 Å². The molecular weight excluding hydrogens is 224 g/mol. The molecule has 1 aliphatic carbocycles. The highest BCUT2D eigenvalue weighted by Crippen LogP contribution is 2.45. The van der Waals surface area contributed by atoms with Crippen molar-refractivity contribution < 1.29 is 9.00 Å². The molecule has 0 aromatic carbocycles. The fraction of sp³-hybridized carbons (Fsp3) is 0.818. The van der Waals surface area contributed by atoms with Gasteiger partial charge in [-0.1, -0.05) is 6.92 Å². The highest BCUT2D eigenvalue weighted by Gasteiger charge is 2.49. The molecule has 1 N–H and O–H groups in total. The Labute approximate surface area is 98.9 Å². The molecule has 0 aromatic heterocycles. The lowest BCUT2D eigenvalue weighted by atomic mass is 9.63. The number of amides is 1. The lowest BCUT2D eigenvalue weighted by Gasteiger charge is -2.39. The predicted molar refractivity (Wildman–Crippen MR) is 63.0 cm³/mol. The number of rotatable bonds is 4. The van der Waals surface area contributed by atoms with Crippen molar-refractivity contribution in [3.05, 3.63) is 0 Å². The summed E-state index contributed by atoms with van der Waals surface area (Å²) in [4.78, 5) is 11.9. The molecule has 1 amide bonds. The maximum atomic E-state index is 11.9. The van der Waals surface area contributed by atoms with Crippen molar-refractivity contribution in [2.45, 2.75) is 32.7 Å². The molecule has 0 saturated heterocycles. The maximum absolute atomic E-state index is 11.9. The highest BCUT2D eigenvalue weighted by atomic mass is 32.2. The molecule has 0 bridgehead atoms. The van der Waals surface area contributed by atoms with Crippen LogP contribution in [0.3, 0.4) is 0 Å². The van der Waals surface area contributed by atoms with Crippen molar-refractivity contribution in [2.24, 2.45) is 11.3 Å². The Hall–Kier alpha value is -0.890. The van der Waals surface area contributed by atoms with Crippen LogP contribution in [0.5, 0.6) is 0 Å². The van der Waals surface area contributed by atoms with Crippen LogP contribution >= 0.6 is 0 Å². The van der Waals surface area contributed by atoms with Gasteiger partial charge in [-0.05, 0) is 25.7 Å². The molecule has 90 valence electrons. The summed E-state index contributed by atoms with van der Waals surface area (Å²) in [6.07, 6.45) is 2.88. The van der Waals surface area contributed by atoms with E-state index in [2.05, 4.69) is 11.4 Å². The normalized spacial score (nSPS) is 32.0. The summed E-state index contributed by atoms with van der Waals surface area (Å²) in [6.45, 7) is 3.85. The van der Waals surface area contributed by atoms with E-state index < -0.39 is 16.2 Å². The molecule has 2 unspecified atom stereocenters. The van der Waals surface area contributed by atoms with Gasteiger partial charge in [-0.2, -0.15) is 5.26 Å². The average molecular weight is 242 g/mol. The second-order valence-corrected chi connectivity index (χ2v) is 6.30. The Balaban J connectivity index is 2.52. The van der Waals surface area contributed by atoms with Gasteiger partial charge in [-0.25, -0.2) is 0 Å². The maximum Gasteiger partial charge on any atom is 0.240 e. The minimum atomic E-state index is -0.929. The quantitative estimate of drug-likeness (QED) is 0.793. The lowest BCUT2D eigenvalue weighted by Crippen LogP contribution is -2.51. The summed E-state index contributed by atoms with van der Waals surface area (Å²) in [6, 6.07) is 1.98. The largest absolute Gasteiger partial charge is 0.351 e. The zero-order valence-electron chi connectivity index (χ0n) is 9.95. The Bertz CT molecular complexity index is 342. The summed E-state index contributed by atoms with van der Waals surface area (Å²) >= 11 is 0. The molecule has 1 rings (SSSR count). The molecule has 1 aliphatic rings. The SMILES string of the molecule is CC1CC(C#N)(C(=O)NC(C)CS(C)=O)C1. The molecule has 4 nitrogen and oxygen atoms in total. The van der Waals surface area contributed by atoms with Gasteiger partial charge in [-0.15, -0.1) is 0 Å². The molecule has 1 fully saturated rings. The van der Waals surface area contributed by atoms with Crippen molar-refractivity contribution in [2.75, 3.05) is 12.0 Å². The number of carbonyl (C=O) groups excluding carboxylic acids is 1. The minimum absolute atomic E-state index is 0.139. The van der Waals surface area contributed by atoms with Crippen LogP contribution in [0.4, 0.5) is 0 Å². The van der Waals surface area contributed by atoms with Gasteiger partial charge in [0.1, 0.15) is 5.41 Å². The van der Waals surface area contributed by atoms with Crippen LogP contribution in [0, 0.1) is 22.7 Å². The first-order chi connectivity index (χ1) is 7.39. The van der Waals surface area contributed by atoms with E-state index in [1.807, 2.05) is 13.8 Å². The van der Waals surface area contributed by atoms with Crippen molar-refractivity contribution >= 4 is 16.7 Å². The molecule has 0 spiro atoms. The zero-order chi connectivity index (χ0) is 12.3. The molecule has 0 aromatic rings. The van der Waals surface area contributed by atoms with Crippen LogP contribution in [-0.2, 0) is 15.6 Å². The van der Waals surface area contributed by atoms with Gasteiger partial charge in [0.25, 0.3) is 0 Å². The van der Waals surface area contributed by atoms with E-state index in [1.165, 1.54) is 0 Å². The first kappa shape index (κ1) is 13.2. The van der Waals surface area contributed by atoms with Crippen molar-refractivity contribution in [1.82, 2.24) is 5.32 Å². The number of nitriles is 1. The molecule has 5 heteroatoms. The monoisotopic (exact) mass is 242 g/mol. The first-order valence-electron chi connectivity index (χ1n) is 5.42. The number of nitrogens with one attached hydrogen (secondary N) is 1. The van der Waals surface area contributed by atoms with Gasteiger partial charge in [0, 0.05) is 28.9 Å². The van der Waals surface area contributed by atoms with E-state index in [-0.39, 0.29) is 11.9 Å². The number of nitrogens with zero attached hydrogens (tertiary/aromatic N) is 1. The van der Waals surface area contributed by atoms with Crippen LogP contribution in [-0.4, -0.2) is 28.2 Å². The molecule has 1 saturated carbocycles. The van der Waals surface area contributed by atoms with Crippen LogP contribution in [0.1, 0.15) is 26.7 Å². The van der Waals surface area contributed by atoms with Crippen LogP contribution in [0.15, 0.2) is 0 Å². The van der Waals surface area contributed by atoms with Gasteiger partial charge < -0.3 is 5.32 Å². The third-order valence-corrected chi connectivity index (χ3v) is 3.87. The fourth-order valence-electron chi connectivity index (χ4n) is 2.21. The fourth-order valence-corrected chi connectivity index (χ4v) is 3.00. The smallest absolute Gasteiger partial charge is 0.240 e. The molecule has 2 atom stereocenters. The Morgan fingerprint density at radius 2 is 2.25 bits per heavy atom. The number of hydrogen-bond acceptors (Lipinski definition) is 3. The second-order valence-electron chi connectivity index (χ2n) is 4.82. The van der Waals surface area contributed by atoms with Crippen LogP contribution in [0.25, 0.3) is 0 Å². The van der Waals surface area contributed by atoms with Gasteiger partial charge in [0.2, 0.25) is 5.91 Å². The molecule has 0 aliphatic heterocycles. The molecular formula is C11H18N2O2S. The second kappa shape index (κ2) is 4.96. The first-order valence-corrected chi connectivity index (χ1v) is 7.14. The van der Waals surface area contributed by atoms with Crippen molar-refractivity contribution in [3.8, 4) is 6.07 Å². The third kappa shape index (κ3) is 2.82. The number of carbonyl (C=O) groups is 1. The number of hydrogen-bond donors (Lipinski definition) is 1. The summed E-state index contributed by atoms with van der Waals surface area (Å²) < 4.78 is 11.0. The average Bonchev–Trinajstić information content (AvgIpc) is 2.10. The van der Waals surface area contributed by atoms with E-state index >= 15 is 0 Å². The minimum Gasteiger partial charge on any atom is -0.351 e. The third-order valence-electron chi connectivity index (χ3n) is 2.90. The molecule has 16 heavy (non-hydrogen) atoms. The van der Waals surface area contributed by atoms with Gasteiger partial charge in [0.05, 0.1) is 6.07 Å². The van der Waals surface area contributed by atoms with E-state index in [4.69, 9.17) is 5.26 Å². The van der Waals surface area contributed by atoms with E-state index in [9.17, 15) is 9.00 Å². The topological polar surface area (TPSA) is 70.0 Å². The van der Waals surface area contributed by atoms with Crippen molar-refractivity contribution in [1.29, 1.82) is 5.26 Å². The summed E-state index contributed by atoms with van der Waals surface area (Å²) in [5.74, 6) is 0.676. The van der Waals surface area contributed by atoms with Crippen LogP contribution < -0.4 is 5.32 Å². The standard InChI is InChI=1S/C11H18N2O2S/c1-8-4-11(5-8,7-12)10(14)13-9(2)6-16(3)15/h8-9H,4-6H2,1-3H3,(H,13,14). The summed E-state index contributed by atoms with van der Waals surface area (Å²) in [5.41, 5.74) is -0.830. The molecule has 0 heterocycles.